The predicted molar refractivity (Wildman–Crippen MR) is 49.2 cm³/mol. The summed E-state index contributed by atoms with van der Waals surface area (Å²) < 4.78 is 0. The Morgan fingerprint density at radius 1 is 1.83 bits per heavy atom. The van der Waals surface area contributed by atoms with Crippen molar-refractivity contribution in [3.05, 3.63) is 16.1 Å². The second-order valence-corrected chi connectivity index (χ2v) is 4.09. The van der Waals surface area contributed by atoms with Crippen LogP contribution in [0.3, 0.4) is 0 Å². The highest BCUT2D eigenvalue weighted by atomic mass is 32.1. The van der Waals surface area contributed by atoms with E-state index in [4.69, 9.17) is 5.73 Å². The second kappa shape index (κ2) is 3.78. The summed E-state index contributed by atoms with van der Waals surface area (Å²) in [5, 5.41) is 1.01. The van der Waals surface area contributed by atoms with Gasteiger partial charge in [-0.25, -0.2) is 4.98 Å². The van der Waals surface area contributed by atoms with E-state index in [0.29, 0.717) is 6.42 Å². The molecule has 1 atom stereocenters. The minimum Gasteiger partial charge on any atom is -0.321 e. The lowest BCUT2D eigenvalue weighted by atomic mass is 10.1. The van der Waals surface area contributed by atoms with Gasteiger partial charge in [0.1, 0.15) is 5.78 Å². The lowest BCUT2D eigenvalue weighted by Gasteiger charge is -2.03. The summed E-state index contributed by atoms with van der Waals surface area (Å²) in [7, 11) is 0. The van der Waals surface area contributed by atoms with E-state index in [1.165, 1.54) is 6.92 Å². The van der Waals surface area contributed by atoms with E-state index in [2.05, 4.69) is 4.98 Å². The summed E-state index contributed by atoms with van der Waals surface area (Å²) in [6.07, 6.45) is 2.39. The summed E-state index contributed by atoms with van der Waals surface area (Å²) in [4.78, 5) is 16.0. The van der Waals surface area contributed by atoms with Gasteiger partial charge < -0.3 is 5.73 Å². The number of ketones is 1. The number of rotatable bonds is 3. The van der Waals surface area contributed by atoms with Crippen LogP contribution in [-0.2, 0) is 11.2 Å². The summed E-state index contributed by atoms with van der Waals surface area (Å²) in [5.74, 6) is 0.0288. The molecule has 1 unspecified atom stereocenters. The molecule has 0 saturated carbocycles. The maximum absolute atomic E-state index is 10.8. The largest absolute Gasteiger partial charge is 0.321 e. The second-order valence-electron chi connectivity index (χ2n) is 2.77. The lowest BCUT2D eigenvalue weighted by Crippen LogP contribution is -2.30. The summed E-state index contributed by atoms with van der Waals surface area (Å²) in [6, 6.07) is -0.371. The van der Waals surface area contributed by atoms with E-state index in [1.807, 2.05) is 6.92 Å². The van der Waals surface area contributed by atoms with Crippen molar-refractivity contribution >= 4 is 17.1 Å². The Bertz CT molecular complexity index is 282. The molecule has 0 bridgehead atoms. The fourth-order valence-corrected chi connectivity index (χ4v) is 1.71. The lowest BCUT2D eigenvalue weighted by molar-refractivity contribution is -0.118. The van der Waals surface area contributed by atoms with Gasteiger partial charge in [0.05, 0.1) is 11.0 Å². The Balaban J connectivity index is 2.58. The Morgan fingerprint density at radius 2 is 2.50 bits per heavy atom. The van der Waals surface area contributed by atoms with E-state index >= 15 is 0 Å². The minimum absolute atomic E-state index is 0.0288. The van der Waals surface area contributed by atoms with Gasteiger partial charge in [-0.15, -0.1) is 11.3 Å². The molecule has 0 amide bonds. The van der Waals surface area contributed by atoms with E-state index in [0.717, 1.165) is 9.88 Å². The highest BCUT2D eigenvalue weighted by Crippen LogP contribution is 2.12. The third-order valence-corrected chi connectivity index (χ3v) is 2.55. The van der Waals surface area contributed by atoms with Gasteiger partial charge in [-0.1, -0.05) is 0 Å². The van der Waals surface area contributed by atoms with Gasteiger partial charge in [0, 0.05) is 17.5 Å². The van der Waals surface area contributed by atoms with Gasteiger partial charge >= 0.3 is 0 Å². The molecule has 1 rings (SSSR count). The van der Waals surface area contributed by atoms with Gasteiger partial charge in [0.25, 0.3) is 0 Å². The van der Waals surface area contributed by atoms with E-state index in [1.54, 1.807) is 17.5 Å². The van der Waals surface area contributed by atoms with E-state index in [-0.39, 0.29) is 11.8 Å². The highest BCUT2D eigenvalue weighted by Gasteiger charge is 2.10. The molecule has 12 heavy (non-hydrogen) atoms. The van der Waals surface area contributed by atoms with Crippen LogP contribution in [0.2, 0.25) is 0 Å². The molecule has 1 heterocycles. The van der Waals surface area contributed by atoms with Crippen LogP contribution in [0, 0.1) is 6.92 Å². The quantitative estimate of drug-likeness (QED) is 0.759. The zero-order valence-electron chi connectivity index (χ0n) is 7.20. The standard InChI is InChI=1S/C8H12N2OS/c1-5(11)8(9)3-7-4-10-6(2)12-7/h4,8H,3,9H2,1-2H3. The first-order valence-corrected chi connectivity index (χ1v) is 4.58. The van der Waals surface area contributed by atoms with Crippen molar-refractivity contribution in [3.8, 4) is 0 Å². The van der Waals surface area contributed by atoms with E-state index in [9.17, 15) is 4.79 Å². The molecule has 1 aromatic heterocycles. The highest BCUT2D eigenvalue weighted by molar-refractivity contribution is 7.11. The van der Waals surface area contributed by atoms with Crippen LogP contribution in [0.1, 0.15) is 16.8 Å². The molecule has 0 aliphatic carbocycles. The molecular formula is C8H12N2OS. The zero-order chi connectivity index (χ0) is 9.14. The smallest absolute Gasteiger partial charge is 0.146 e. The van der Waals surface area contributed by atoms with Crippen molar-refractivity contribution in [3.63, 3.8) is 0 Å². The van der Waals surface area contributed by atoms with Crippen molar-refractivity contribution in [1.82, 2.24) is 4.98 Å². The molecule has 3 nitrogen and oxygen atoms in total. The molecule has 2 N–H and O–H groups in total. The Kier molecular flexibility index (Phi) is 2.94. The SMILES string of the molecule is CC(=O)C(N)Cc1cnc(C)s1. The fraction of sp³-hybridized carbons (Fsp3) is 0.500. The molecular weight excluding hydrogens is 172 g/mol. The van der Waals surface area contributed by atoms with Crippen LogP contribution < -0.4 is 5.73 Å². The van der Waals surface area contributed by atoms with Crippen molar-refractivity contribution in [2.24, 2.45) is 5.73 Å². The third-order valence-electron chi connectivity index (χ3n) is 1.61. The van der Waals surface area contributed by atoms with Crippen LogP contribution in [0.15, 0.2) is 6.20 Å². The van der Waals surface area contributed by atoms with Crippen LogP contribution in [0.4, 0.5) is 0 Å². The van der Waals surface area contributed by atoms with E-state index < -0.39 is 0 Å². The monoisotopic (exact) mass is 184 g/mol. The predicted octanol–water partition coefficient (Wildman–Crippen LogP) is 0.910. The van der Waals surface area contributed by atoms with Crippen LogP contribution >= 0.6 is 11.3 Å². The summed E-state index contributed by atoms with van der Waals surface area (Å²) >= 11 is 1.59. The topological polar surface area (TPSA) is 56.0 Å². The molecule has 0 radical (unpaired) electrons. The molecule has 0 fully saturated rings. The van der Waals surface area contributed by atoms with Crippen LogP contribution in [0.5, 0.6) is 0 Å². The molecule has 66 valence electrons. The van der Waals surface area contributed by atoms with Gasteiger partial charge in [0.15, 0.2) is 0 Å². The number of aryl methyl sites for hydroxylation is 1. The zero-order valence-corrected chi connectivity index (χ0v) is 8.02. The van der Waals surface area contributed by atoms with Crippen molar-refractivity contribution in [2.75, 3.05) is 0 Å². The Labute approximate surface area is 75.6 Å². The molecule has 0 aromatic carbocycles. The average molecular weight is 184 g/mol. The van der Waals surface area contributed by atoms with Gasteiger partial charge in [-0.2, -0.15) is 0 Å². The number of thiazole rings is 1. The first-order chi connectivity index (χ1) is 5.59. The fourth-order valence-electron chi connectivity index (χ4n) is 0.860. The normalized spacial score (nSPS) is 12.9. The molecule has 0 aliphatic heterocycles. The summed E-state index contributed by atoms with van der Waals surface area (Å²) in [5.41, 5.74) is 5.59. The molecule has 0 spiro atoms. The number of nitrogens with zero attached hydrogens (tertiary/aromatic N) is 1. The first kappa shape index (κ1) is 9.35. The number of hydrogen-bond acceptors (Lipinski definition) is 4. The number of carbonyl (C=O) groups is 1. The van der Waals surface area contributed by atoms with Crippen LogP contribution in [-0.4, -0.2) is 16.8 Å². The maximum atomic E-state index is 10.8. The first-order valence-electron chi connectivity index (χ1n) is 3.77. The van der Waals surface area contributed by atoms with Gasteiger partial charge in [-0.05, 0) is 13.8 Å². The molecule has 1 aromatic rings. The Hall–Kier alpha value is -0.740. The average Bonchev–Trinajstić information content (AvgIpc) is 2.35. The molecule has 0 aliphatic rings. The maximum Gasteiger partial charge on any atom is 0.146 e. The van der Waals surface area contributed by atoms with Gasteiger partial charge in [-0.3, -0.25) is 4.79 Å². The number of Topliss-reactive ketones (excluding diaryl/α,β-unsaturated/α-hetero) is 1. The van der Waals surface area contributed by atoms with Crippen molar-refractivity contribution < 1.29 is 4.79 Å². The number of hydrogen-bond donors (Lipinski definition) is 1. The molecule has 4 heteroatoms. The van der Waals surface area contributed by atoms with Crippen LogP contribution in [0.25, 0.3) is 0 Å². The molecule has 0 saturated heterocycles. The number of carbonyl (C=O) groups excluding carboxylic acids is 1. The van der Waals surface area contributed by atoms with Crippen molar-refractivity contribution in [1.29, 1.82) is 0 Å². The van der Waals surface area contributed by atoms with Gasteiger partial charge in [0.2, 0.25) is 0 Å². The third kappa shape index (κ3) is 2.39. The van der Waals surface area contributed by atoms with Crippen molar-refractivity contribution in [2.45, 2.75) is 26.3 Å². The Morgan fingerprint density at radius 3 is 2.92 bits per heavy atom. The minimum atomic E-state index is -0.371. The number of aromatic nitrogens is 1. The summed E-state index contributed by atoms with van der Waals surface area (Å²) in [6.45, 7) is 3.45. The number of nitrogens with two attached hydrogens (primary N) is 1.